The van der Waals surface area contributed by atoms with Crippen molar-refractivity contribution >= 4 is 11.6 Å². The molecule has 0 fully saturated rings. The largest absolute Gasteiger partial charge is 0.497 e. The molecule has 4 rings (SSSR count). The monoisotopic (exact) mass is 424 g/mol. The predicted molar refractivity (Wildman–Crippen MR) is 111 cm³/mol. The van der Waals surface area contributed by atoms with Crippen LogP contribution in [0.2, 0.25) is 5.02 Å². The van der Waals surface area contributed by atoms with E-state index >= 15 is 0 Å². The highest BCUT2D eigenvalue weighted by Crippen LogP contribution is 2.31. The Bertz CT molecular complexity index is 1080. The van der Waals surface area contributed by atoms with Crippen molar-refractivity contribution in [1.29, 1.82) is 0 Å². The molecule has 8 heteroatoms. The molecule has 0 unspecified atom stereocenters. The molecule has 0 saturated carbocycles. The Balaban J connectivity index is 1.80. The van der Waals surface area contributed by atoms with Gasteiger partial charge in [0, 0.05) is 0 Å². The van der Waals surface area contributed by atoms with E-state index < -0.39 is 11.9 Å². The standard InChI is InChI=1S/C22H18ClFN4O2/c1-29-16-10-6-14(7-11-16)21(15-8-12-17(30-2)13-9-15)28-26-22(25-27-28)20-18(23)4-3-5-19(20)24/h3-13,21H,1-2H3. The number of tetrazole rings is 1. The highest BCUT2D eigenvalue weighted by molar-refractivity contribution is 6.33. The van der Waals surface area contributed by atoms with E-state index in [2.05, 4.69) is 15.4 Å². The molecule has 0 aliphatic heterocycles. The number of ether oxygens (including phenoxy) is 2. The molecule has 3 aromatic carbocycles. The fraction of sp³-hybridized carbons (Fsp3) is 0.136. The van der Waals surface area contributed by atoms with E-state index in [1.165, 1.54) is 16.9 Å². The number of nitrogens with zero attached hydrogens (tertiary/aromatic N) is 4. The molecule has 30 heavy (non-hydrogen) atoms. The molecule has 0 saturated heterocycles. The van der Waals surface area contributed by atoms with Crippen LogP contribution in [-0.2, 0) is 0 Å². The summed E-state index contributed by atoms with van der Waals surface area (Å²) >= 11 is 6.17. The van der Waals surface area contributed by atoms with Crippen molar-refractivity contribution < 1.29 is 13.9 Å². The molecule has 0 radical (unpaired) electrons. The summed E-state index contributed by atoms with van der Waals surface area (Å²) in [6, 6.07) is 19.2. The average Bonchev–Trinajstić information content (AvgIpc) is 3.24. The summed E-state index contributed by atoms with van der Waals surface area (Å²) in [6.07, 6.45) is 0. The second-order valence-corrected chi connectivity index (χ2v) is 6.89. The van der Waals surface area contributed by atoms with Gasteiger partial charge in [-0.1, -0.05) is 41.9 Å². The molecule has 0 spiro atoms. The van der Waals surface area contributed by atoms with Crippen molar-refractivity contribution in [2.75, 3.05) is 14.2 Å². The summed E-state index contributed by atoms with van der Waals surface area (Å²) in [6.45, 7) is 0. The minimum absolute atomic E-state index is 0.116. The maximum atomic E-state index is 14.3. The van der Waals surface area contributed by atoms with E-state index in [4.69, 9.17) is 21.1 Å². The van der Waals surface area contributed by atoms with Crippen LogP contribution in [0.4, 0.5) is 4.39 Å². The second kappa shape index (κ2) is 8.51. The zero-order chi connectivity index (χ0) is 21.1. The van der Waals surface area contributed by atoms with E-state index in [0.29, 0.717) is 0 Å². The lowest BCUT2D eigenvalue weighted by Gasteiger charge is -2.17. The summed E-state index contributed by atoms with van der Waals surface area (Å²) in [4.78, 5) is 1.45. The summed E-state index contributed by atoms with van der Waals surface area (Å²) in [7, 11) is 3.22. The number of hydrogen-bond donors (Lipinski definition) is 0. The van der Waals surface area contributed by atoms with Crippen molar-refractivity contribution in [3.05, 3.63) is 88.7 Å². The van der Waals surface area contributed by atoms with Crippen LogP contribution in [-0.4, -0.2) is 34.4 Å². The van der Waals surface area contributed by atoms with Gasteiger partial charge in [0.1, 0.15) is 23.4 Å². The van der Waals surface area contributed by atoms with E-state index in [9.17, 15) is 4.39 Å². The Morgan fingerprint density at radius 3 is 1.93 bits per heavy atom. The first-order chi connectivity index (χ1) is 14.6. The van der Waals surface area contributed by atoms with Crippen LogP contribution < -0.4 is 9.47 Å². The predicted octanol–water partition coefficient (Wildman–Crippen LogP) is 4.79. The van der Waals surface area contributed by atoms with E-state index in [0.717, 1.165) is 22.6 Å². The molecule has 152 valence electrons. The Labute approximate surface area is 177 Å². The van der Waals surface area contributed by atoms with Crippen LogP contribution in [0.1, 0.15) is 17.2 Å². The third kappa shape index (κ3) is 3.84. The zero-order valence-corrected chi connectivity index (χ0v) is 17.0. The van der Waals surface area contributed by atoms with Crippen molar-refractivity contribution in [3.63, 3.8) is 0 Å². The van der Waals surface area contributed by atoms with Gasteiger partial charge in [0.25, 0.3) is 0 Å². The minimum Gasteiger partial charge on any atom is -0.497 e. The van der Waals surface area contributed by atoms with E-state index in [1.54, 1.807) is 20.3 Å². The maximum Gasteiger partial charge on any atom is 0.209 e. The van der Waals surface area contributed by atoms with Gasteiger partial charge in [0.05, 0.1) is 24.8 Å². The molecule has 0 aliphatic carbocycles. The van der Waals surface area contributed by atoms with Crippen molar-refractivity contribution in [1.82, 2.24) is 20.2 Å². The fourth-order valence-corrected chi connectivity index (χ4v) is 3.43. The number of aromatic nitrogens is 4. The fourth-order valence-electron chi connectivity index (χ4n) is 3.18. The number of benzene rings is 3. The summed E-state index contributed by atoms with van der Waals surface area (Å²) in [5.41, 5.74) is 1.93. The highest BCUT2D eigenvalue weighted by atomic mass is 35.5. The zero-order valence-electron chi connectivity index (χ0n) is 16.3. The summed E-state index contributed by atoms with van der Waals surface area (Å²) in [5, 5.41) is 12.9. The summed E-state index contributed by atoms with van der Waals surface area (Å²) < 4.78 is 24.8. The second-order valence-electron chi connectivity index (χ2n) is 6.48. The first-order valence-electron chi connectivity index (χ1n) is 9.12. The number of rotatable bonds is 6. The van der Waals surface area contributed by atoms with E-state index in [-0.39, 0.29) is 16.4 Å². The molecule has 6 nitrogen and oxygen atoms in total. The Kier molecular flexibility index (Phi) is 5.63. The topological polar surface area (TPSA) is 62.1 Å². The Morgan fingerprint density at radius 2 is 1.43 bits per heavy atom. The summed E-state index contributed by atoms with van der Waals surface area (Å²) in [5.74, 6) is 1.08. The quantitative estimate of drug-likeness (QED) is 0.445. The first kappa shape index (κ1) is 19.8. The van der Waals surface area contributed by atoms with Gasteiger partial charge in [-0.15, -0.1) is 10.2 Å². The third-order valence-electron chi connectivity index (χ3n) is 4.71. The third-order valence-corrected chi connectivity index (χ3v) is 5.02. The normalized spacial score (nSPS) is 11.0. The van der Waals surface area contributed by atoms with Gasteiger partial charge in [0.2, 0.25) is 5.82 Å². The van der Waals surface area contributed by atoms with Gasteiger partial charge in [0.15, 0.2) is 0 Å². The van der Waals surface area contributed by atoms with Crippen LogP contribution in [0.15, 0.2) is 66.7 Å². The molecule has 1 aromatic heterocycles. The van der Waals surface area contributed by atoms with Crippen LogP contribution in [0.25, 0.3) is 11.4 Å². The van der Waals surface area contributed by atoms with Crippen molar-refractivity contribution in [2.24, 2.45) is 0 Å². The van der Waals surface area contributed by atoms with Crippen LogP contribution >= 0.6 is 11.6 Å². The molecule has 4 aromatic rings. The maximum absolute atomic E-state index is 14.3. The van der Waals surface area contributed by atoms with Gasteiger partial charge in [-0.2, -0.15) is 4.80 Å². The first-order valence-corrected chi connectivity index (χ1v) is 9.50. The van der Waals surface area contributed by atoms with Gasteiger partial charge >= 0.3 is 0 Å². The average molecular weight is 425 g/mol. The lowest BCUT2D eigenvalue weighted by atomic mass is 9.99. The SMILES string of the molecule is COc1ccc(C(c2ccc(OC)cc2)n2nnc(-c3c(F)cccc3Cl)n2)cc1. The number of hydrogen-bond acceptors (Lipinski definition) is 5. The van der Waals surface area contributed by atoms with Gasteiger partial charge < -0.3 is 9.47 Å². The van der Waals surface area contributed by atoms with Crippen molar-refractivity contribution in [3.8, 4) is 22.9 Å². The van der Waals surface area contributed by atoms with Gasteiger partial charge in [-0.25, -0.2) is 4.39 Å². The minimum atomic E-state index is -0.507. The van der Waals surface area contributed by atoms with Crippen LogP contribution in [0.5, 0.6) is 11.5 Å². The Morgan fingerprint density at radius 1 is 0.867 bits per heavy atom. The molecule has 1 heterocycles. The molecule has 0 bridgehead atoms. The lowest BCUT2D eigenvalue weighted by Crippen LogP contribution is -2.15. The van der Waals surface area contributed by atoms with Crippen molar-refractivity contribution in [2.45, 2.75) is 6.04 Å². The molecule has 0 atom stereocenters. The highest BCUT2D eigenvalue weighted by Gasteiger charge is 2.22. The molecule has 0 aliphatic rings. The molecule has 0 N–H and O–H groups in total. The molecular weight excluding hydrogens is 407 g/mol. The number of halogens is 2. The lowest BCUT2D eigenvalue weighted by molar-refractivity contribution is 0.413. The smallest absolute Gasteiger partial charge is 0.209 e. The van der Waals surface area contributed by atoms with Crippen LogP contribution in [0, 0.1) is 5.82 Å². The Hall–Kier alpha value is -3.45. The van der Waals surface area contributed by atoms with E-state index in [1.807, 2.05) is 48.5 Å². The van der Waals surface area contributed by atoms with Gasteiger partial charge in [-0.3, -0.25) is 0 Å². The van der Waals surface area contributed by atoms with Crippen LogP contribution in [0.3, 0.4) is 0 Å². The number of methoxy groups -OCH3 is 2. The van der Waals surface area contributed by atoms with Gasteiger partial charge in [-0.05, 0) is 52.7 Å². The molecular formula is C22H18ClFN4O2. The molecule has 0 amide bonds.